The number of hydrogen-bond donors (Lipinski definition) is 0. The Hall–Kier alpha value is -2.06. The lowest BCUT2D eigenvalue weighted by Gasteiger charge is -2.02. The summed E-state index contributed by atoms with van der Waals surface area (Å²) in [6.07, 6.45) is 20.8. The summed E-state index contributed by atoms with van der Waals surface area (Å²) in [6.45, 7) is 6.37. The van der Waals surface area contributed by atoms with Crippen LogP contribution in [0.3, 0.4) is 0 Å². The van der Waals surface area contributed by atoms with Gasteiger partial charge in [-0.25, -0.2) is 9.13 Å². The van der Waals surface area contributed by atoms with Gasteiger partial charge in [-0.3, -0.25) is 0 Å². The van der Waals surface area contributed by atoms with Gasteiger partial charge in [0.05, 0.1) is 25.5 Å². The first-order valence-electron chi connectivity index (χ1n) is 11.9. The highest BCUT2D eigenvalue weighted by Gasteiger charge is 2.09. The van der Waals surface area contributed by atoms with Gasteiger partial charge in [-0.1, -0.05) is 95.8 Å². The summed E-state index contributed by atoms with van der Waals surface area (Å²) in [5.41, 5.74) is 1.84. The van der Waals surface area contributed by atoms with Crippen LogP contribution in [0, 0.1) is 0 Å². The van der Waals surface area contributed by atoms with Crippen LogP contribution >= 0.6 is 0 Å². The Bertz CT molecular complexity index is 751. The maximum absolute atomic E-state index is 4.53. The van der Waals surface area contributed by atoms with E-state index in [1.54, 1.807) is 0 Å². The zero-order valence-corrected chi connectivity index (χ0v) is 18.7. The van der Waals surface area contributed by atoms with Gasteiger partial charge in [0.2, 0.25) is 0 Å². The van der Waals surface area contributed by atoms with E-state index in [0.717, 1.165) is 24.4 Å². The van der Waals surface area contributed by atoms with Gasteiger partial charge in [-0.15, -0.1) is 4.79 Å². The molecule has 0 aliphatic heterocycles. The van der Waals surface area contributed by atoms with E-state index in [0.29, 0.717) is 0 Å². The van der Waals surface area contributed by atoms with E-state index in [-0.39, 0.29) is 0 Å². The van der Waals surface area contributed by atoms with Crippen LogP contribution in [0.15, 0.2) is 47.8 Å². The Morgan fingerprint density at radius 1 is 0.690 bits per heavy atom. The van der Waals surface area contributed by atoms with Gasteiger partial charge in [0.1, 0.15) is 5.69 Å². The predicted octanol–water partition coefficient (Wildman–Crippen LogP) is 6.90. The van der Waals surface area contributed by atoms with Crippen molar-refractivity contribution in [2.24, 2.45) is 5.11 Å². The molecule has 4 heteroatoms. The number of imidazole rings is 1. The largest absolute Gasteiger partial charge is 0.478 e. The topological polar surface area (TPSA) is 36.3 Å². The van der Waals surface area contributed by atoms with Gasteiger partial charge in [0.25, 0.3) is 0 Å². The summed E-state index contributed by atoms with van der Waals surface area (Å²) >= 11 is 0. The second kappa shape index (κ2) is 14.9. The third-order valence-corrected chi connectivity index (χ3v) is 5.54. The molecule has 0 bridgehead atoms. The van der Waals surface area contributed by atoms with Crippen LogP contribution in [-0.4, -0.2) is 13.9 Å². The highest BCUT2D eigenvalue weighted by atomic mass is 15.2. The Morgan fingerprint density at radius 3 is 1.83 bits per heavy atom. The van der Waals surface area contributed by atoms with Crippen molar-refractivity contribution in [3.8, 4) is 0 Å². The van der Waals surface area contributed by atoms with E-state index >= 15 is 0 Å². The third-order valence-electron chi connectivity index (χ3n) is 5.54. The molecule has 4 nitrogen and oxygen atoms in total. The molecule has 0 spiro atoms. The summed E-state index contributed by atoms with van der Waals surface area (Å²) in [6, 6.07) is 9.96. The molecule has 0 fully saturated rings. The van der Waals surface area contributed by atoms with Crippen molar-refractivity contribution in [1.29, 1.82) is 0 Å². The van der Waals surface area contributed by atoms with E-state index in [9.17, 15) is 0 Å². The fourth-order valence-corrected chi connectivity index (χ4v) is 3.72. The van der Waals surface area contributed by atoms with E-state index in [1.165, 1.54) is 77.0 Å². The van der Waals surface area contributed by atoms with Gasteiger partial charge in [0.15, 0.2) is 0 Å². The third kappa shape index (κ3) is 9.32. The number of nitrogens with zero attached hydrogens (tertiary/aromatic N) is 4. The second-order valence-corrected chi connectivity index (χ2v) is 8.00. The molecule has 2 aromatic rings. The maximum Gasteiger partial charge on any atom is 0.478 e. The zero-order chi connectivity index (χ0) is 20.6. The van der Waals surface area contributed by atoms with Crippen LogP contribution in [0.4, 0.5) is 5.69 Å². The van der Waals surface area contributed by atoms with Crippen molar-refractivity contribution < 1.29 is 4.79 Å². The minimum atomic E-state index is 0.897. The zero-order valence-electron chi connectivity index (χ0n) is 18.7. The average molecular weight is 398 g/mol. The normalized spacial score (nSPS) is 10.8. The van der Waals surface area contributed by atoms with Crippen molar-refractivity contribution in [2.75, 3.05) is 0 Å². The number of rotatable bonds is 15. The Balaban J connectivity index is 1.68. The molecule has 1 heterocycles. The van der Waals surface area contributed by atoms with Gasteiger partial charge in [-0.2, -0.15) is 0 Å². The van der Waals surface area contributed by atoms with Gasteiger partial charge in [-0.05, 0) is 30.6 Å². The summed E-state index contributed by atoms with van der Waals surface area (Å²) in [5.74, 6) is 0. The lowest BCUT2D eigenvalue weighted by molar-refractivity contribution is -0.153. The van der Waals surface area contributed by atoms with Crippen molar-refractivity contribution in [2.45, 2.75) is 104 Å². The summed E-state index contributed by atoms with van der Waals surface area (Å²) < 4.78 is 4.40. The molecule has 0 saturated carbocycles. The minimum absolute atomic E-state index is 0.897. The van der Waals surface area contributed by atoms with Crippen molar-refractivity contribution in [1.82, 2.24) is 9.13 Å². The minimum Gasteiger partial charge on any atom is -0.220 e. The van der Waals surface area contributed by atoms with Crippen LogP contribution in [0.25, 0.3) is 0 Å². The molecule has 0 radical (unpaired) electrons. The van der Waals surface area contributed by atoms with E-state index in [2.05, 4.69) is 45.3 Å². The van der Waals surface area contributed by atoms with Crippen LogP contribution in [0.2, 0.25) is 0 Å². The molecule has 1 aromatic carbocycles. The molecular formula is C25H41N4+. The monoisotopic (exact) mass is 397 g/mol. The first-order chi connectivity index (χ1) is 14.3. The van der Waals surface area contributed by atoms with Gasteiger partial charge < -0.3 is 0 Å². The lowest BCUT2D eigenvalue weighted by atomic mass is 10.1. The summed E-state index contributed by atoms with van der Waals surface area (Å²) in [7, 11) is 0. The number of aromatic nitrogens is 2. The van der Waals surface area contributed by atoms with Crippen molar-refractivity contribution in [3.63, 3.8) is 0 Å². The molecule has 1 aromatic heterocycles. The fraction of sp³-hybridized carbons (Fsp3) is 0.640. The Labute approximate surface area is 177 Å². The van der Waals surface area contributed by atoms with Crippen molar-refractivity contribution in [3.05, 3.63) is 48.3 Å². The number of unbranched alkanes of at least 4 members (excludes halogenated alkanes) is 11. The van der Waals surface area contributed by atoms with Crippen molar-refractivity contribution >= 4 is 5.69 Å². The molecule has 0 unspecified atom stereocenters. The van der Waals surface area contributed by atoms with Crippen LogP contribution in [-0.2, 0) is 13.1 Å². The highest BCUT2D eigenvalue weighted by molar-refractivity contribution is 5.33. The quantitative estimate of drug-likeness (QED) is 0.178. The molecule has 0 saturated heterocycles. The van der Waals surface area contributed by atoms with Crippen LogP contribution in [0.5, 0.6) is 0 Å². The van der Waals surface area contributed by atoms with E-state index in [1.807, 2.05) is 30.3 Å². The molecule has 0 atom stereocenters. The first kappa shape index (κ1) is 23.2. The first-order valence-corrected chi connectivity index (χ1v) is 11.9. The fourth-order valence-electron chi connectivity index (χ4n) is 3.72. The smallest absolute Gasteiger partial charge is 0.220 e. The standard InChI is InChI=1S/C25H41N4/c1-3-5-6-7-8-9-10-11-12-13-14-18-21-29-23-22-28(4-2)25(29)27-26-24-19-16-15-17-20-24/h15-17,19-20,22-23H,3-14,18,21H2,1-2H3/q+1. The van der Waals surface area contributed by atoms with Crippen LogP contribution < -0.4 is 5.62 Å². The van der Waals surface area contributed by atoms with E-state index in [4.69, 9.17) is 0 Å². The molecule has 0 amide bonds. The Morgan fingerprint density at radius 2 is 1.24 bits per heavy atom. The molecule has 160 valence electrons. The highest BCUT2D eigenvalue weighted by Crippen LogP contribution is 2.12. The molecule has 2 rings (SSSR count). The lowest BCUT2D eigenvalue weighted by Crippen LogP contribution is -2.26. The Kier molecular flexibility index (Phi) is 11.9. The molecule has 0 aliphatic carbocycles. The number of hydrogen-bond acceptors (Lipinski definition) is 1. The average Bonchev–Trinajstić information content (AvgIpc) is 3.15. The number of aryl methyl sites for hydroxylation is 2. The van der Waals surface area contributed by atoms with E-state index < -0.39 is 0 Å². The molecule has 29 heavy (non-hydrogen) atoms. The second-order valence-electron chi connectivity index (χ2n) is 8.00. The predicted molar refractivity (Wildman–Crippen MR) is 121 cm³/mol. The number of benzene rings is 1. The van der Waals surface area contributed by atoms with Gasteiger partial charge in [0, 0.05) is 0 Å². The summed E-state index contributed by atoms with van der Waals surface area (Å²) in [5, 5.41) is 4.41. The summed E-state index contributed by atoms with van der Waals surface area (Å²) in [4.78, 5) is 4.53. The molecular weight excluding hydrogens is 356 g/mol. The molecule has 0 N–H and O–H groups in total. The van der Waals surface area contributed by atoms with Gasteiger partial charge >= 0.3 is 5.62 Å². The molecule has 0 aliphatic rings. The maximum atomic E-state index is 4.53. The SMILES string of the molecule is CCCCCCCCCCCCCCn1ccn(CC)c1=[N+]=Nc1ccccc1. The van der Waals surface area contributed by atoms with Crippen LogP contribution in [0.1, 0.15) is 90.9 Å².